The number of phenols is 1. The van der Waals surface area contributed by atoms with Crippen molar-refractivity contribution in [2.24, 2.45) is 5.41 Å². The minimum Gasteiger partial charge on any atom is -0.508 e. The first-order valence-electron chi connectivity index (χ1n) is 9.37. The van der Waals surface area contributed by atoms with E-state index in [1.165, 1.54) is 5.56 Å². The largest absolute Gasteiger partial charge is 0.508 e. The molecule has 5 heteroatoms. The molecule has 4 unspecified atom stereocenters. The van der Waals surface area contributed by atoms with Crippen molar-refractivity contribution in [3.05, 3.63) is 62.6 Å². The number of aromatic nitrogens is 1. The van der Waals surface area contributed by atoms with Crippen molar-refractivity contribution in [2.75, 3.05) is 6.54 Å². The van der Waals surface area contributed by atoms with Crippen LogP contribution in [0.2, 0.25) is 0 Å². The van der Waals surface area contributed by atoms with E-state index in [1.807, 2.05) is 25.1 Å². The third-order valence-corrected chi connectivity index (χ3v) is 7.72. The number of pyridine rings is 1. The molecule has 1 aliphatic heterocycles. The highest BCUT2D eigenvalue weighted by molar-refractivity contribution is 5.55. The number of aliphatic hydroxyl groups is 1. The summed E-state index contributed by atoms with van der Waals surface area (Å²) in [4.78, 5) is 15.3. The number of phenolic OH excluding ortho intramolecular Hbond substituents is 1. The van der Waals surface area contributed by atoms with E-state index in [0.717, 1.165) is 36.2 Å². The van der Waals surface area contributed by atoms with Crippen LogP contribution in [0.3, 0.4) is 0 Å². The number of nitrogens with one attached hydrogen (secondary N) is 2. The highest BCUT2D eigenvalue weighted by Crippen LogP contribution is 2.68. The van der Waals surface area contributed by atoms with Gasteiger partial charge in [-0.05, 0) is 54.7 Å². The van der Waals surface area contributed by atoms with Gasteiger partial charge in [-0.2, -0.15) is 0 Å². The number of aromatic amines is 1. The highest BCUT2D eigenvalue weighted by atomic mass is 16.3. The molecule has 1 saturated carbocycles. The zero-order chi connectivity index (χ0) is 17.9. The molecule has 4 atom stereocenters. The predicted molar refractivity (Wildman–Crippen MR) is 96.5 cm³/mol. The summed E-state index contributed by atoms with van der Waals surface area (Å²) in [6.07, 6.45) is 3.00. The van der Waals surface area contributed by atoms with Gasteiger partial charge >= 0.3 is 0 Å². The van der Waals surface area contributed by atoms with Gasteiger partial charge < -0.3 is 20.5 Å². The van der Waals surface area contributed by atoms with E-state index in [4.69, 9.17) is 0 Å². The van der Waals surface area contributed by atoms with Crippen LogP contribution in [0.15, 0.2) is 29.1 Å². The van der Waals surface area contributed by atoms with Gasteiger partial charge in [0.25, 0.3) is 5.56 Å². The number of hydrogen-bond acceptors (Lipinski definition) is 4. The molecule has 2 heterocycles. The minimum absolute atomic E-state index is 0.0497. The normalized spacial score (nSPS) is 38.6. The van der Waals surface area contributed by atoms with Crippen molar-refractivity contribution in [3.8, 4) is 5.75 Å². The Morgan fingerprint density at radius 2 is 2.00 bits per heavy atom. The molecule has 2 aromatic rings. The Bertz CT molecular complexity index is 1040. The summed E-state index contributed by atoms with van der Waals surface area (Å²) in [5, 5.41) is 25.7. The average molecular weight is 350 g/mol. The molecule has 0 amide bonds. The minimum atomic E-state index is -0.901. The van der Waals surface area contributed by atoms with E-state index in [1.54, 1.807) is 6.07 Å². The second kappa shape index (κ2) is 4.24. The van der Waals surface area contributed by atoms with Crippen LogP contribution in [0.5, 0.6) is 5.75 Å². The summed E-state index contributed by atoms with van der Waals surface area (Å²) in [7, 11) is 0. The van der Waals surface area contributed by atoms with Crippen LogP contribution in [0, 0.1) is 12.3 Å². The maximum absolute atomic E-state index is 12.2. The SMILES string of the molecule is Cc1cc2c([nH]c1=O)CC13CC4(CNC4C1(O)C2)Cc1ccc(O)cc13. The molecule has 1 aromatic carbocycles. The summed E-state index contributed by atoms with van der Waals surface area (Å²) in [5.74, 6) is 0.242. The van der Waals surface area contributed by atoms with Gasteiger partial charge in [0.1, 0.15) is 5.75 Å². The van der Waals surface area contributed by atoms with Crippen molar-refractivity contribution in [2.45, 2.75) is 49.7 Å². The Morgan fingerprint density at radius 3 is 2.77 bits per heavy atom. The molecule has 26 heavy (non-hydrogen) atoms. The number of aromatic hydroxyl groups is 1. The van der Waals surface area contributed by atoms with Gasteiger partial charge in [-0.1, -0.05) is 6.07 Å². The Kier molecular flexibility index (Phi) is 2.44. The Balaban J connectivity index is 1.65. The third-order valence-electron chi connectivity index (χ3n) is 7.72. The fourth-order valence-corrected chi connectivity index (χ4v) is 6.68. The highest BCUT2D eigenvalue weighted by Gasteiger charge is 2.75. The molecule has 3 aliphatic carbocycles. The van der Waals surface area contributed by atoms with Crippen LogP contribution >= 0.6 is 0 Å². The summed E-state index contributed by atoms with van der Waals surface area (Å²) in [5.41, 5.74) is 3.65. The van der Waals surface area contributed by atoms with Crippen LogP contribution in [0.1, 0.15) is 34.4 Å². The topological polar surface area (TPSA) is 85.4 Å². The van der Waals surface area contributed by atoms with Crippen LogP contribution in [0.4, 0.5) is 0 Å². The number of rotatable bonds is 0. The van der Waals surface area contributed by atoms with Gasteiger partial charge in [0.05, 0.1) is 5.60 Å². The van der Waals surface area contributed by atoms with E-state index in [0.29, 0.717) is 18.4 Å². The Morgan fingerprint density at radius 1 is 1.15 bits per heavy atom. The first kappa shape index (κ1) is 15.0. The van der Waals surface area contributed by atoms with E-state index in [2.05, 4.69) is 10.3 Å². The standard InChI is InChI=1S/C21H22N2O3/c1-11-4-13-7-21(26)18-19(10-22-18)6-12-2-3-14(24)5-15(12)20(21,9-19)8-16(13)23-17(11)25/h2-5,18,22,24,26H,6-10H2,1H3,(H,23,25). The molecule has 1 saturated heterocycles. The summed E-state index contributed by atoms with van der Waals surface area (Å²) >= 11 is 0. The van der Waals surface area contributed by atoms with E-state index >= 15 is 0 Å². The Labute approximate surface area is 151 Å². The van der Waals surface area contributed by atoms with Gasteiger partial charge in [-0.3, -0.25) is 4.79 Å². The zero-order valence-electron chi connectivity index (χ0n) is 14.7. The average Bonchev–Trinajstić information content (AvgIpc) is 2.68. The monoisotopic (exact) mass is 350 g/mol. The van der Waals surface area contributed by atoms with Crippen molar-refractivity contribution < 1.29 is 10.2 Å². The van der Waals surface area contributed by atoms with Crippen LogP contribution < -0.4 is 10.9 Å². The molecular formula is C21H22N2O3. The first-order valence-corrected chi connectivity index (χ1v) is 9.37. The molecule has 6 rings (SSSR count). The van der Waals surface area contributed by atoms with Crippen LogP contribution in [-0.4, -0.2) is 33.4 Å². The summed E-state index contributed by atoms with van der Waals surface area (Å²) in [6, 6.07) is 7.61. The molecule has 2 spiro atoms. The van der Waals surface area contributed by atoms with Crippen molar-refractivity contribution in [1.82, 2.24) is 10.3 Å². The lowest BCUT2D eigenvalue weighted by Gasteiger charge is -2.51. The van der Waals surface area contributed by atoms with Gasteiger partial charge in [0.2, 0.25) is 0 Å². The van der Waals surface area contributed by atoms with Gasteiger partial charge in [0, 0.05) is 47.5 Å². The molecule has 0 radical (unpaired) electrons. The lowest BCUT2D eigenvalue weighted by atomic mass is 9.58. The first-order chi connectivity index (χ1) is 12.4. The molecular weight excluding hydrogens is 328 g/mol. The molecule has 4 aliphatic rings. The second-order valence-corrected chi connectivity index (χ2v) is 9.02. The number of H-pyrrole nitrogens is 1. The van der Waals surface area contributed by atoms with Gasteiger partial charge in [-0.15, -0.1) is 0 Å². The molecule has 5 nitrogen and oxygen atoms in total. The molecule has 4 N–H and O–H groups in total. The lowest BCUT2D eigenvalue weighted by molar-refractivity contribution is -0.0701. The number of aryl methyl sites for hydroxylation is 1. The maximum atomic E-state index is 12.2. The quantitative estimate of drug-likeness (QED) is 0.573. The molecule has 134 valence electrons. The molecule has 1 aromatic heterocycles. The predicted octanol–water partition coefficient (Wildman–Crippen LogP) is 1.07. The van der Waals surface area contributed by atoms with Crippen molar-refractivity contribution in [3.63, 3.8) is 0 Å². The molecule has 2 bridgehead atoms. The second-order valence-electron chi connectivity index (χ2n) is 9.02. The summed E-state index contributed by atoms with van der Waals surface area (Å²) < 4.78 is 0. The van der Waals surface area contributed by atoms with E-state index in [-0.39, 0.29) is 22.8 Å². The van der Waals surface area contributed by atoms with E-state index in [9.17, 15) is 15.0 Å². The van der Waals surface area contributed by atoms with E-state index < -0.39 is 11.0 Å². The number of hydrogen-bond donors (Lipinski definition) is 4. The lowest BCUT2D eigenvalue weighted by Crippen LogP contribution is -2.70. The third kappa shape index (κ3) is 1.46. The summed E-state index contributed by atoms with van der Waals surface area (Å²) in [6.45, 7) is 2.74. The number of benzene rings is 1. The number of fused-ring (bicyclic) bond motifs is 3. The molecule has 2 fully saturated rings. The fraction of sp³-hybridized carbons (Fsp3) is 0.476. The van der Waals surface area contributed by atoms with Crippen molar-refractivity contribution >= 4 is 0 Å². The van der Waals surface area contributed by atoms with Crippen LogP contribution in [0.25, 0.3) is 0 Å². The van der Waals surface area contributed by atoms with Gasteiger partial charge in [0.15, 0.2) is 0 Å². The maximum Gasteiger partial charge on any atom is 0.251 e. The zero-order valence-corrected chi connectivity index (χ0v) is 14.7. The Hall–Kier alpha value is -2.11. The smallest absolute Gasteiger partial charge is 0.251 e. The van der Waals surface area contributed by atoms with Crippen LogP contribution in [-0.2, 0) is 24.7 Å². The van der Waals surface area contributed by atoms with Gasteiger partial charge in [-0.25, -0.2) is 0 Å². The fourth-order valence-electron chi connectivity index (χ4n) is 6.68. The van der Waals surface area contributed by atoms with Crippen molar-refractivity contribution in [1.29, 1.82) is 0 Å².